The van der Waals surface area contributed by atoms with E-state index in [9.17, 15) is 4.79 Å². The van der Waals surface area contributed by atoms with Crippen LogP contribution in [0.5, 0.6) is 0 Å². The van der Waals surface area contributed by atoms with Crippen LogP contribution in [0.15, 0.2) is 29.0 Å². The molecule has 13 heavy (non-hydrogen) atoms. The quantitative estimate of drug-likeness (QED) is 0.658. The number of aryl methyl sites for hydroxylation is 1. The molecule has 0 radical (unpaired) electrons. The summed E-state index contributed by atoms with van der Waals surface area (Å²) in [5.74, 6) is 0.230. The number of hydrogen-bond acceptors (Lipinski definition) is 2. The van der Waals surface area contributed by atoms with E-state index in [4.69, 9.17) is 0 Å². The molecule has 0 bridgehead atoms. The first-order valence-corrected chi connectivity index (χ1v) is 5.47. The van der Waals surface area contributed by atoms with Gasteiger partial charge in [0, 0.05) is 6.42 Å². The van der Waals surface area contributed by atoms with Crippen molar-refractivity contribution in [2.24, 2.45) is 0 Å². The summed E-state index contributed by atoms with van der Waals surface area (Å²) >= 11 is 1.68. The fourth-order valence-corrected chi connectivity index (χ4v) is 1.74. The average molecular weight is 194 g/mol. The summed E-state index contributed by atoms with van der Waals surface area (Å²) in [6.07, 6.45) is 6.04. The lowest BCUT2D eigenvalue weighted by molar-refractivity contribution is -0.114. The number of thiophene rings is 1. The Labute approximate surface area is 83.1 Å². The zero-order chi connectivity index (χ0) is 9.52. The van der Waals surface area contributed by atoms with Gasteiger partial charge in [-0.1, -0.05) is 13.0 Å². The van der Waals surface area contributed by atoms with Crippen LogP contribution < -0.4 is 0 Å². The van der Waals surface area contributed by atoms with Crippen molar-refractivity contribution < 1.29 is 4.79 Å². The molecule has 2 heteroatoms. The van der Waals surface area contributed by atoms with Gasteiger partial charge in [0.15, 0.2) is 5.78 Å². The Balaban J connectivity index is 2.27. The number of ketones is 1. The van der Waals surface area contributed by atoms with Gasteiger partial charge in [-0.15, -0.1) is 0 Å². The summed E-state index contributed by atoms with van der Waals surface area (Å²) in [5.41, 5.74) is 1.27. The SMILES string of the molecule is CC/C=C/C(=O)CCc1ccsc1. The minimum absolute atomic E-state index is 0.230. The molecule has 0 aliphatic rings. The van der Waals surface area contributed by atoms with E-state index in [0.717, 1.165) is 12.8 Å². The molecule has 1 rings (SSSR count). The molecule has 1 nitrogen and oxygen atoms in total. The maximum atomic E-state index is 11.2. The third-order valence-electron chi connectivity index (χ3n) is 1.78. The van der Waals surface area contributed by atoms with E-state index in [-0.39, 0.29) is 5.78 Å². The maximum Gasteiger partial charge on any atom is 0.155 e. The van der Waals surface area contributed by atoms with Gasteiger partial charge in [0.25, 0.3) is 0 Å². The van der Waals surface area contributed by atoms with Gasteiger partial charge in [-0.2, -0.15) is 11.3 Å². The largest absolute Gasteiger partial charge is 0.295 e. The predicted octanol–water partition coefficient (Wildman–Crippen LogP) is 3.22. The highest BCUT2D eigenvalue weighted by molar-refractivity contribution is 7.07. The molecule has 0 aliphatic carbocycles. The fourth-order valence-electron chi connectivity index (χ4n) is 1.04. The van der Waals surface area contributed by atoms with Crippen molar-refractivity contribution in [2.45, 2.75) is 26.2 Å². The molecule has 0 fully saturated rings. The monoisotopic (exact) mass is 194 g/mol. The standard InChI is InChI=1S/C11H14OS/c1-2-3-4-11(12)6-5-10-7-8-13-9-10/h3-4,7-9H,2,5-6H2,1H3/b4-3+. The van der Waals surface area contributed by atoms with Gasteiger partial charge in [-0.3, -0.25) is 4.79 Å². The van der Waals surface area contributed by atoms with E-state index in [2.05, 4.69) is 11.4 Å². The summed E-state index contributed by atoms with van der Waals surface area (Å²) < 4.78 is 0. The summed E-state index contributed by atoms with van der Waals surface area (Å²) in [4.78, 5) is 11.2. The molecule has 1 aromatic heterocycles. The highest BCUT2D eigenvalue weighted by atomic mass is 32.1. The van der Waals surface area contributed by atoms with Crippen molar-refractivity contribution >= 4 is 17.1 Å². The molecular weight excluding hydrogens is 180 g/mol. The smallest absolute Gasteiger partial charge is 0.155 e. The lowest BCUT2D eigenvalue weighted by atomic mass is 10.1. The molecule has 0 spiro atoms. The maximum absolute atomic E-state index is 11.2. The number of allylic oxidation sites excluding steroid dienone is 2. The van der Waals surface area contributed by atoms with Gasteiger partial charge < -0.3 is 0 Å². The van der Waals surface area contributed by atoms with Gasteiger partial charge in [0.2, 0.25) is 0 Å². The van der Waals surface area contributed by atoms with Crippen LogP contribution >= 0.6 is 11.3 Å². The van der Waals surface area contributed by atoms with Gasteiger partial charge in [-0.05, 0) is 41.3 Å². The zero-order valence-corrected chi connectivity index (χ0v) is 8.64. The molecule has 0 unspecified atom stereocenters. The molecule has 70 valence electrons. The third-order valence-corrected chi connectivity index (χ3v) is 2.51. The van der Waals surface area contributed by atoms with E-state index in [1.165, 1.54) is 5.56 Å². The molecule has 0 aliphatic heterocycles. The Kier molecular flexibility index (Phi) is 4.47. The molecule has 0 N–H and O–H groups in total. The summed E-state index contributed by atoms with van der Waals surface area (Å²) in [6, 6.07) is 2.07. The molecule has 0 saturated heterocycles. The second-order valence-electron chi connectivity index (χ2n) is 2.91. The molecule has 0 atom stereocenters. The summed E-state index contributed by atoms with van der Waals surface area (Å²) in [7, 11) is 0. The first-order chi connectivity index (χ1) is 6.33. The summed E-state index contributed by atoms with van der Waals surface area (Å²) in [6.45, 7) is 2.03. The predicted molar refractivity (Wildman–Crippen MR) is 57.1 cm³/mol. The van der Waals surface area contributed by atoms with Gasteiger partial charge in [0.05, 0.1) is 0 Å². The lowest BCUT2D eigenvalue weighted by Crippen LogP contribution is -1.94. The van der Waals surface area contributed by atoms with Crippen molar-refractivity contribution in [1.29, 1.82) is 0 Å². The second-order valence-corrected chi connectivity index (χ2v) is 3.69. The summed E-state index contributed by atoms with van der Waals surface area (Å²) in [5, 5.41) is 4.14. The topological polar surface area (TPSA) is 17.1 Å². The van der Waals surface area contributed by atoms with Crippen LogP contribution in [0.1, 0.15) is 25.3 Å². The van der Waals surface area contributed by atoms with Crippen molar-refractivity contribution in [3.8, 4) is 0 Å². The normalized spacial score (nSPS) is 10.8. The number of carbonyl (C=O) groups is 1. The Hall–Kier alpha value is -0.890. The first kappa shape index (κ1) is 10.2. The molecule has 1 aromatic rings. The van der Waals surface area contributed by atoms with Gasteiger partial charge in [-0.25, -0.2) is 0 Å². The van der Waals surface area contributed by atoms with Crippen LogP contribution in [0.3, 0.4) is 0 Å². The van der Waals surface area contributed by atoms with Crippen LogP contribution in [0.4, 0.5) is 0 Å². The number of carbonyl (C=O) groups excluding carboxylic acids is 1. The van der Waals surface area contributed by atoms with Crippen LogP contribution in [-0.4, -0.2) is 5.78 Å². The lowest BCUT2D eigenvalue weighted by Gasteiger charge is -1.93. The van der Waals surface area contributed by atoms with Crippen LogP contribution in [0, 0.1) is 0 Å². The molecule has 0 amide bonds. The van der Waals surface area contributed by atoms with E-state index >= 15 is 0 Å². The van der Waals surface area contributed by atoms with E-state index in [1.54, 1.807) is 17.4 Å². The van der Waals surface area contributed by atoms with Crippen LogP contribution in [0.2, 0.25) is 0 Å². The van der Waals surface area contributed by atoms with E-state index in [1.807, 2.05) is 18.4 Å². The van der Waals surface area contributed by atoms with Gasteiger partial charge in [0.1, 0.15) is 0 Å². The Morgan fingerprint density at radius 3 is 3.08 bits per heavy atom. The third kappa shape index (κ3) is 4.04. The Morgan fingerprint density at radius 2 is 2.46 bits per heavy atom. The highest BCUT2D eigenvalue weighted by Crippen LogP contribution is 2.08. The van der Waals surface area contributed by atoms with E-state index < -0.39 is 0 Å². The van der Waals surface area contributed by atoms with Crippen molar-refractivity contribution in [2.75, 3.05) is 0 Å². The van der Waals surface area contributed by atoms with Crippen LogP contribution in [0.25, 0.3) is 0 Å². The molecule has 0 saturated carbocycles. The molecule has 0 aromatic carbocycles. The minimum atomic E-state index is 0.230. The highest BCUT2D eigenvalue weighted by Gasteiger charge is 1.98. The Morgan fingerprint density at radius 1 is 1.62 bits per heavy atom. The number of hydrogen-bond donors (Lipinski definition) is 0. The Bertz CT molecular complexity index is 272. The minimum Gasteiger partial charge on any atom is -0.295 e. The number of rotatable bonds is 5. The van der Waals surface area contributed by atoms with Crippen molar-refractivity contribution in [3.63, 3.8) is 0 Å². The average Bonchev–Trinajstić information content (AvgIpc) is 2.64. The first-order valence-electron chi connectivity index (χ1n) is 4.53. The van der Waals surface area contributed by atoms with Crippen molar-refractivity contribution in [3.05, 3.63) is 34.5 Å². The molecule has 1 heterocycles. The zero-order valence-electron chi connectivity index (χ0n) is 7.82. The van der Waals surface area contributed by atoms with E-state index in [0.29, 0.717) is 6.42 Å². The van der Waals surface area contributed by atoms with Crippen LogP contribution in [-0.2, 0) is 11.2 Å². The van der Waals surface area contributed by atoms with Crippen molar-refractivity contribution in [1.82, 2.24) is 0 Å². The second kappa shape index (κ2) is 5.70. The fraction of sp³-hybridized carbons (Fsp3) is 0.364. The molecular formula is C11H14OS. The van der Waals surface area contributed by atoms with Gasteiger partial charge >= 0.3 is 0 Å².